The molecule has 0 radical (unpaired) electrons. The van der Waals surface area contributed by atoms with Gasteiger partial charge in [0, 0.05) is 19.1 Å². The highest BCUT2D eigenvalue weighted by Crippen LogP contribution is 2.22. The summed E-state index contributed by atoms with van der Waals surface area (Å²) in [7, 11) is 2.94. The van der Waals surface area contributed by atoms with Gasteiger partial charge in [0.15, 0.2) is 0 Å². The third-order valence-corrected chi connectivity index (χ3v) is 2.02. The normalized spacial score (nSPS) is 9.71. The minimum absolute atomic E-state index is 0.150. The van der Waals surface area contributed by atoms with Crippen molar-refractivity contribution in [1.29, 1.82) is 0 Å². The van der Waals surface area contributed by atoms with Crippen LogP contribution in [0.15, 0.2) is 18.2 Å². The van der Waals surface area contributed by atoms with E-state index >= 15 is 0 Å². The van der Waals surface area contributed by atoms with Crippen LogP contribution in [0.1, 0.15) is 0 Å². The van der Waals surface area contributed by atoms with Crippen molar-refractivity contribution in [2.45, 2.75) is 0 Å². The summed E-state index contributed by atoms with van der Waals surface area (Å²) in [6.45, 7) is 0. The number of carbonyl (C=O) groups is 1. The summed E-state index contributed by atoms with van der Waals surface area (Å²) in [5, 5.41) is 2.77. The lowest BCUT2D eigenvalue weighted by Gasteiger charge is -2.17. The first-order chi connectivity index (χ1) is 6.56. The standard InChI is InChI=1S/C9H10ClFN2O/c1-12-9(14)13(2)8-5-6(10)3-4-7(8)11/h3-5H,1-2H3,(H,12,14). The molecule has 0 aliphatic rings. The zero-order chi connectivity index (χ0) is 10.7. The third kappa shape index (κ3) is 2.14. The van der Waals surface area contributed by atoms with Crippen LogP contribution >= 0.6 is 11.6 Å². The first kappa shape index (κ1) is 10.8. The molecule has 0 heterocycles. The molecule has 0 saturated heterocycles. The van der Waals surface area contributed by atoms with Crippen molar-refractivity contribution in [2.24, 2.45) is 0 Å². The number of halogens is 2. The lowest BCUT2D eigenvalue weighted by molar-refractivity contribution is 0.249. The molecule has 0 aliphatic carbocycles. The zero-order valence-corrected chi connectivity index (χ0v) is 8.60. The Bertz CT molecular complexity index is 357. The maximum Gasteiger partial charge on any atom is 0.321 e. The minimum Gasteiger partial charge on any atom is -0.341 e. The molecule has 3 nitrogen and oxygen atoms in total. The van der Waals surface area contributed by atoms with Gasteiger partial charge in [0.2, 0.25) is 0 Å². The number of rotatable bonds is 1. The van der Waals surface area contributed by atoms with E-state index in [-0.39, 0.29) is 5.69 Å². The molecular formula is C9H10ClFN2O. The Hall–Kier alpha value is -1.29. The second-order valence-corrected chi connectivity index (χ2v) is 3.15. The van der Waals surface area contributed by atoms with Gasteiger partial charge in [0.1, 0.15) is 5.82 Å². The molecule has 0 bridgehead atoms. The van der Waals surface area contributed by atoms with Crippen molar-refractivity contribution in [3.05, 3.63) is 29.0 Å². The Balaban J connectivity index is 3.05. The van der Waals surface area contributed by atoms with E-state index in [1.807, 2.05) is 0 Å². The van der Waals surface area contributed by atoms with Gasteiger partial charge in [-0.05, 0) is 18.2 Å². The molecule has 0 atom stereocenters. The molecule has 0 spiro atoms. The number of benzene rings is 1. The number of hydrogen-bond donors (Lipinski definition) is 1. The molecule has 0 aromatic heterocycles. The molecule has 2 amide bonds. The molecule has 14 heavy (non-hydrogen) atoms. The number of carbonyl (C=O) groups excluding carboxylic acids is 1. The highest BCUT2D eigenvalue weighted by atomic mass is 35.5. The fraction of sp³-hybridized carbons (Fsp3) is 0.222. The van der Waals surface area contributed by atoms with Gasteiger partial charge < -0.3 is 5.32 Å². The van der Waals surface area contributed by atoms with Crippen molar-refractivity contribution in [3.8, 4) is 0 Å². The van der Waals surface area contributed by atoms with Crippen molar-refractivity contribution >= 4 is 23.3 Å². The van der Waals surface area contributed by atoms with Gasteiger partial charge in [-0.2, -0.15) is 0 Å². The van der Waals surface area contributed by atoms with E-state index in [0.29, 0.717) is 5.02 Å². The molecule has 1 rings (SSSR count). The van der Waals surface area contributed by atoms with Crippen LogP contribution < -0.4 is 10.2 Å². The molecule has 0 fully saturated rings. The van der Waals surface area contributed by atoms with Crippen LogP contribution in [0.5, 0.6) is 0 Å². The highest BCUT2D eigenvalue weighted by Gasteiger charge is 2.13. The van der Waals surface area contributed by atoms with Crippen LogP contribution in [0.4, 0.5) is 14.9 Å². The van der Waals surface area contributed by atoms with Gasteiger partial charge >= 0.3 is 6.03 Å². The van der Waals surface area contributed by atoms with E-state index in [1.165, 1.54) is 32.3 Å². The van der Waals surface area contributed by atoms with E-state index in [4.69, 9.17) is 11.6 Å². The molecule has 76 valence electrons. The summed E-state index contributed by atoms with van der Waals surface area (Å²) in [6.07, 6.45) is 0. The van der Waals surface area contributed by atoms with Gasteiger partial charge in [0.25, 0.3) is 0 Å². The van der Waals surface area contributed by atoms with Gasteiger partial charge in [-0.15, -0.1) is 0 Å². The summed E-state index contributed by atoms with van der Waals surface area (Å²) in [5.41, 5.74) is 0.150. The van der Waals surface area contributed by atoms with Crippen molar-refractivity contribution in [2.75, 3.05) is 19.0 Å². The minimum atomic E-state index is -0.486. The molecule has 1 aromatic carbocycles. The smallest absolute Gasteiger partial charge is 0.321 e. The highest BCUT2D eigenvalue weighted by molar-refractivity contribution is 6.30. The Morgan fingerprint density at radius 1 is 1.57 bits per heavy atom. The summed E-state index contributed by atoms with van der Waals surface area (Å²) >= 11 is 5.68. The van der Waals surface area contributed by atoms with Gasteiger partial charge in [0.05, 0.1) is 5.69 Å². The second kappa shape index (κ2) is 4.28. The van der Waals surface area contributed by atoms with Crippen LogP contribution in [0.3, 0.4) is 0 Å². The number of nitrogens with one attached hydrogen (secondary N) is 1. The maximum absolute atomic E-state index is 13.2. The van der Waals surface area contributed by atoms with Gasteiger partial charge in [-0.25, -0.2) is 9.18 Å². The summed E-state index contributed by atoms with van der Waals surface area (Å²) in [5.74, 6) is -0.486. The monoisotopic (exact) mass is 216 g/mol. The SMILES string of the molecule is CNC(=O)N(C)c1cc(Cl)ccc1F. The van der Waals surface area contributed by atoms with Crippen LogP contribution in [0.2, 0.25) is 5.02 Å². The fourth-order valence-corrected chi connectivity index (χ4v) is 1.19. The van der Waals surface area contributed by atoms with E-state index in [2.05, 4.69) is 5.32 Å². The number of urea groups is 1. The summed E-state index contributed by atoms with van der Waals surface area (Å²) < 4.78 is 13.2. The van der Waals surface area contributed by atoms with Crippen molar-refractivity contribution in [1.82, 2.24) is 5.32 Å². The first-order valence-electron chi connectivity index (χ1n) is 3.96. The third-order valence-electron chi connectivity index (χ3n) is 1.79. The van der Waals surface area contributed by atoms with E-state index in [0.717, 1.165) is 4.90 Å². The number of anilines is 1. The fourth-order valence-electron chi connectivity index (χ4n) is 1.02. The van der Waals surface area contributed by atoms with E-state index < -0.39 is 11.8 Å². The van der Waals surface area contributed by atoms with Crippen LogP contribution in [-0.2, 0) is 0 Å². The van der Waals surface area contributed by atoms with Gasteiger partial charge in [-0.1, -0.05) is 11.6 Å². The topological polar surface area (TPSA) is 32.3 Å². The van der Waals surface area contributed by atoms with Crippen molar-refractivity contribution in [3.63, 3.8) is 0 Å². The molecule has 0 aliphatic heterocycles. The number of hydrogen-bond acceptors (Lipinski definition) is 1. The van der Waals surface area contributed by atoms with Crippen molar-refractivity contribution < 1.29 is 9.18 Å². The lowest BCUT2D eigenvalue weighted by atomic mass is 10.3. The number of nitrogens with zero attached hydrogens (tertiary/aromatic N) is 1. The zero-order valence-electron chi connectivity index (χ0n) is 7.84. The Kier molecular flexibility index (Phi) is 3.30. The summed E-state index contributed by atoms with van der Waals surface area (Å²) in [6, 6.07) is 3.65. The summed E-state index contributed by atoms with van der Waals surface area (Å²) in [4.78, 5) is 12.3. The average molecular weight is 217 g/mol. The molecule has 1 aromatic rings. The average Bonchev–Trinajstić information content (AvgIpc) is 2.19. The van der Waals surface area contributed by atoms with Gasteiger partial charge in [-0.3, -0.25) is 4.90 Å². The largest absolute Gasteiger partial charge is 0.341 e. The second-order valence-electron chi connectivity index (χ2n) is 2.71. The Labute approximate surface area is 86.5 Å². The quantitative estimate of drug-likeness (QED) is 0.767. The maximum atomic E-state index is 13.2. The lowest BCUT2D eigenvalue weighted by Crippen LogP contribution is -2.35. The first-order valence-corrected chi connectivity index (χ1v) is 4.34. The molecule has 1 N–H and O–H groups in total. The predicted octanol–water partition coefficient (Wildman–Crippen LogP) is 2.25. The number of amides is 2. The van der Waals surface area contributed by atoms with E-state index in [1.54, 1.807) is 0 Å². The molecule has 5 heteroatoms. The van der Waals surface area contributed by atoms with E-state index in [9.17, 15) is 9.18 Å². The molecule has 0 saturated carbocycles. The molecular weight excluding hydrogens is 207 g/mol. The Morgan fingerprint density at radius 3 is 2.79 bits per heavy atom. The van der Waals surface area contributed by atoms with Crippen LogP contribution in [-0.4, -0.2) is 20.1 Å². The predicted molar refractivity (Wildman–Crippen MR) is 54.3 cm³/mol. The van der Waals surface area contributed by atoms with Crippen LogP contribution in [0.25, 0.3) is 0 Å². The molecule has 0 unspecified atom stereocenters. The van der Waals surface area contributed by atoms with Crippen LogP contribution in [0, 0.1) is 5.82 Å². The Morgan fingerprint density at radius 2 is 2.21 bits per heavy atom.